The fourth-order valence-electron chi connectivity index (χ4n) is 3.71. The number of piperazine rings is 1. The van der Waals surface area contributed by atoms with Crippen LogP contribution in [0.25, 0.3) is 0 Å². The number of amides is 2. The number of anilines is 2. The van der Waals surface area contributed by atoms with E-state index in [1.807, 2.05) is 56.9 Å². The molecule has 1 N–H and O–H groups in total. The zero-order valence-corrected chi connectivity index (χ0v) is 20.4. The molecule has 172 valence electrons. The van der Waals surface area contributed by atoms with Gasteiger partial charge in [-0.2, -0.15) is 0 Å². The van der Waals surface area contributed by atoms with Gasteiger partial charge in [0, 0.05) is 42.8 Å². The molecule has 32 heavy (non-hydrogen) atoms. The SMILES string of the molecule is Cc1cc(OCC(=O)Nc2ccc(N3CCN(C(=O)C(C)C)CC3)c(Cl)c2)cc(C)c1Cl. The van der Waals surface area contributed by atoms with Gasteiger partial charge >= 0.3 is 0 Å². The summed E-state index contributed by atoms with van der Waals surface area (Å²) in [6.07, 6.45) is 0. The Morgan fingerprint density at radius 3 is 2.22 bits per heavy atom. The molecule has 6 nitrogen and oxygen atoms in total. The largest absolute Gasteiger partial charge is 0.484 e. The van der Waals surface area contributed by atoms with Gasteiger partial charge in [0.05, 0.1) is 10.7 Å². The number of aryl methyl sites for hydroxylation is 2. The van der Waals surface area contributed by atoms with Crippen LogP contribution < -0.4 is 15.0 Å². The average Bonchev–Trinajstić information content (AvgIpc) is 2.75. The molecule has 3 rings (SSSR count). The number of carbonyl (C=O) groups excluding carboxylic acids is 2. The third kappa shape index (κ3) is 5.87. The van der Waals surface area contributed by atoms with Gasteiger partial charge in [-0.25, -0.2) is 0 Å². The Kier molecular flexibility index (Phi) is 7.91. The van der Waals surface area contributed by atoms with E-state index in [-0.39, 0.29) is 24.3 Å². The zero-order chi connectivity index (χ0) is 23.4. The predicted molar refractivity (Wildman–Crippen MR) is 130 cm³/mol. The smallest absolute Gasteiger partial charge is 0.262 e. The molecule has 0 radical (unpaired) electrons. The second kappa shape index (κ2) is 10.5. The quantitative estimate of drug-likeness (QED) is 0.640. The summed E-state index contributed by atoms with van der Waals surface area (Å²) < 4.78 is 5.61. The lowest BCUT2D eigenvalue weighted by Crippen LogP contribution is -2.50. The van der Waals surface area contributed by atoms with Crippen LogP contribution in [0.2, 0.25) is 10.0 Å². The standard InChI is InChI=1S/C24H29Cl2N3O3/c1-15(2)24(31)29-9-7-28(8-10-29)21-6-5-18(13-20(21)25)27-22(30)14-32-19-11-16(3)23(26)17(4)12-19/h5-6,11-13,15H,7-10,14H2,1-4H3,(H,27,30). The fraction of sp³-hybridized carbons (Fsp3) is 0.417. The monoisotopic (exact) mass is 477 g/mol. The predicted octanol–water partition coefficient (Wildman–Crippen LogP) is 4.93. The molecule has 1 aliphatic heterocycles. The first-order valence-electron chi connectivity index (χ1n) is 10.7. The number of rotatable bonds is 6. The van der Waals surface area contributed by atoms with E-state index in [1.54, 1.807) is 6.07 Å². The molecule has 1 fully saturated rings. The van der Waals surface area contributed by atoms with Crippen molar-refractivity contribution in [3.63, 3.8) is 0 Å². The van der Waals surface area contributed by atoms with Gasteiger partial charge in [0.15, 0.2) is 6.61 Å². The lowest BCUT2D eigenvalue weighted by molar-refractivity contribution is -0.134. The second-order valence-electron chi connectivity index (χ2n) is 8.34. The van der Waals surface area contributed by atoms with E-state index in [2.05, 4.69) is 10.2 Å². The molecule has 0 atom stereocenters. The molecule has 1 heterocycles. The molecule has 0 saturated carbocycles. The van der Waals surface area contributed by atoms with Crippen molar-refractivity contribution < 1.29 is 14.3 Å². The Labute approximate surface area is 199 Å². The van der Waals surface area contributed by atoms with E-state index in [0.29, 0.717) is 34.6 Å². The summed E-state index contributed by atoms with van der Waals surface area (Å²) in [5, 5.41) is 4.06. The summed E-state index contributed by atoms with van der Waals surface area (Å²) >= 11 is 12.7. The van der Waals surface area contributed by atoms with Gasteiger partial charge < -0.3 is 19.9 Å². The highest BCUT2D eigenvalue weighted by atomic mass is 35.5. The molecule has 0 unspecified atom stereocenters. The van der Waals surface area contributed by atoms with Gasteiger partial charge in [0.2, 0.25) is 5.91 Å². The highest BCUT2D eigenvalue weighted by Gasteiger charge is 2.24. The topological polar surface area (TPSA) is 61.9 Å². The van der Waals surface area contributed by atoms with Crippen LogP contribution in [0.1, 0.15) is 25.0 Å². The van der Waals surface area contributed by atoms with Crippen LogP contribution in [0.4, 0.5) is 11.4 Å². The van der Waals surface area contributed by atoms with Crippen molar-refractivity contribution in [2.75, 3.05) is 43.0 Å². The summed E-state index contributed by atoms with van der Waals surface area (Å²) in [6.45, 7) is 10.3. The number of halogens is 2. The minimum atomic E-state index is -0.278. The number of hydrogen-bond acceptors (Lipinski definition) is 4. The number of carbonyl (C=O) groups is 2. The number of nitrogens with zero attached hydrogens (tertiary/aromatic N) is 2. The summed E-state index contributed by atoms with van der Waals surface area (Å²) in [4.78, 5) is 28.5. The molecule has 2 amide bonds. The summed E-state index contributed by atoms with van der Waals surface area (Å²) in [7, 11) is 0. The van der Waals surface area contributed by atoms with Gasteiger partial charge in [0.1, 0.15) is 5.75 Å². The first-order valence-corrected chi connectivity index (χ1v) is 11.4. The Morgan fingerprint density at radius 1 is 1.03 bits per heavy atom. The minimum Gasteiger partial charge on any atom is -0.484 e. The van der Waals surface area contributed by atoms with Crippen LogP contribution in [-0.4, -0.2) is 49.5 Å². The molecule has 0 bridgehead atoms. The number of hydrogen-bond donors (Lipinski definition) is 1. The molecule has 2 aromatic rings. The van der Waals surface area contributed by atoms with Gasteiger partial charge in [-0.1, -0.05) is 37.0 Å². The first-order chi connectivity index (χ1) is 15.2. The molecule has 0 aliphatic carbocycles. The van der Waals surface area contributed by atoms with Crippen LogP contribution in [0.3, 0.4) is 0 Å². The van der Waals surface area contributed by atoms with Crippen LogP contribution >= 0.6 is 23.2 Å². The lowest BCUT2D eigenvalue weighted by Gasteiger charge is -2.37. The number of nitrogens with one attached hydrogen (secondary N) is 1. The van der Waals surface area contributed by atoms with E-state index in [4.69, 9.17) is 27.9 Å². The van der Waals surface area contributed by atoms with E-state index in [0.717, 1.165) is 29.9 Å². The van der Waals surface area contributed by atoms with Gasteiger partial charge in [-0.15, -0.1) is 0 Å². The minimum absolute atomic E-state index is 0.00440. The Balaban J connectivity index is 1.55. The summed E-state index contributed by atoms with van der Waals surface area (Å²) in [5.74, 6) is 0.507. The Bertz CT molecular complexity index is 979. The summed E-state index contributed by atoms with van der Waals surface area (Å²) in [5.41, 5.74) is 3.30. The van der Waals surface area contributed by atoms with Crippen molar-refractivity contribution in [1.29, 1.82) is 0 Å². The molecular formula is C24H29Cl2N3O3. The molecule has 1 aliphatic rings. The van der Waals surface area contributed by atoms with Crippen LogP contribution in [-0.2, 0) is 9.59 Å². The van der Waals surface area contributed by atoms with Crippen molar-refractivity contribution in [1.82, 2.24) is 4.90 Å². The molecule has 0 spiro atoms. The van der Waals surface area contributed by atoms with Gasteiger partial charge in [-0.3, -0.25) is 9.59 Å². The maximum Gasteiger partial charge on any atom is 0.262 e. The van der Waals surface area contributed by atoms with Crippen LogP contribution in [0, 0.1) is 19.8 Å². The molecule has 2 aromatic carbocycles. The Hall–Kier alpha value is -2.44. The summed E-state index contributed by atoms with van der Waals surface area (Å²) in [6, 6.07) is 9.06. The van der Waals surface area contributed by atoms with Crippen molar-refractivity contribution in [2.24, 2.45) is 5.92 Å². The van der Waals surface area contributed by atoms with E-state index >= 15 is 0 Å². The lowest BCUT2D eigenvalue weighted by atomic mass is 10.1. The molecule has 0 aromatic heterocycles. The van der Waals surface area contributed by atoms with Crippen molar-refractivity contribution >= 4 is 46.4 Å². The number of benzene rings is 2. The first kappa shape index (κ1) is 24.2. The highest BCUT2D eigenvalue weighted by Crippen LogP contribution is 2.30. The van der Waals surface area contributed by atoms with Crippen LogP contribution in [0.5, 0.6) is 5.75 Å². The van der Waals surface area contributed by atoms with Crippen molar-refractivity contribution in [3.05, 3.63) is 51.5 Å². The average molecular weight is 478 g/mol. The fourth-order valence-corrected chi connectivity index (χ4v) is 4.12. The number of ether oxygens (including phenoxy) is 1. The van der Waals surface area contributed by atoms with Crippen molar-refractivity contribution in [3.8, 4) is 5.75 Å². The third-order valence-corrected chi connectivity index (χ3v) is 6.34. The third-order valence-electron chi connectivity index (χ3n) is 5.44. The normalized spacial score (nSPS) is 14.0. The van der Waals surface area contributed by atoms with Crippen LogP contribution in [0.15, 0.2) is 30.3 Å². The van der Waals surface area contributed by atoms with Gasteiger partial charge in [-0.05, 0) is 55.3 Å². The maximum absolute atomic E-state index is 12.3. The molecular weight excluding hydrogens is 449 g/mol. The van der Waals surface area contributed by atoms with E-state index in [9.17, 15) is 9.59 Å². The van der Waals surface area contributed by atoms with Crippen molar-refractivity contribution in [2.45, 2.75) is 27.7 Å². The maximum atomic E-state index is 12.3. The Morgan fingerprint density at radius 2 is 1.66 bits per heavy atom. The zero-order valence-electron chi connectivity index (χ0n) is 18.9. The molecule has 1 saturated heterocycles. The molecule has 8 heteroatoms. The van der Waals surface area contributed by atoms with E-state index < -0.39 is 0 Å². The highest BCUT2D eigenvalue weighted by molar-refractivity contribution is 6.33. The van der Waals surface area contributed by atoms with Gasteiger partial charge in [0.25, 0.3) is 5.91 Å². The second-order valence-corrected chi connectivity index (χ2v) is 9.13. The van der Waals surface area contributed by atoms with E-state index in [1.165, 1.54) is 0 Å².